The minimum Gasteiger partial charge on any atom is -0.280 e. The van der Waals surface area contributed by atoms with Gasteiger partial charge in [0.05, 0.1) is 27.9 Å². The average molecular weight is 395 g/mol. The van der Waals surface area contributed by atoms with E-state index >= 15 is 0 Å². The molecule has 1 unspecified atom stereocenters. The molecule has 8 nitrogen and oxygen atoms in total. The van der Waals surface area contributed by atoms with Crippen molar-refractivity contribution >= 4 is 37.3 Å². The van der Waals surface area contributed by atoms with Gasteiger partial charge in [0.15, 0.2) is 0 Å². The SMILES string of the molecule is Cc1cc(NS(=O)(=O)c2ccc(N3C(=O)C(C)CS3(=O)=O)cc2)ccn1. The molecule has 138 valence electrons. The monoisotopic (exact) mass is 395 g/mol. The molecule has 0 bridgehead atoms. The zero-order chi connectivity index (χ0) is 19.1. The van der Waals surface area contributed by atoms with Crippen molar-refractivity contribution in [3.05, 3.63) is 48.3 Å². The lowest BCUT2D eigenvalue weighted by atomic mass is 10.2. The van der Waals surface area contributed by atoms with Crippen LogP contribution in [0, 0.1) is 12.8 Å². The highest BCUT2D eigenvalue weighted by molar-refractivity contribution is 7.94. The summed E-state index contributed by atoms with van der Waals surface area (Å²) in [6, 6.07) is 8.24. The Labute approximate surface area is 152 Å². The smallest absolute Gasteiger partial charge is 0.261 e. The predicted octanol–water partition coefficient (Wildman–Crippen LogP) is 1.50. The first-order valence-electron chi connectivity index (χ1n) is 7.72. The zero-order valence-corrected chi connectivity index (χ0v) is 15.7. The van der Waals surface area contributed by atoms with E-state index in [2.05, 4.69) is 9.71 Å². The minimum absolute atomic E-state index is 0.0483. The lowest BCUT2D eigenvalue weighted by molar-refractivity contribution is -0.119. The van der Waals surface area contributed by atoms with Gasteiger partial charge in [-0.15, -0.1) is 0 Å². The molecule has 3 rings (SSSR count). The fraction of sp³-hybridized carbons (Fsp3) is 0.250. The number of hydrogen-bond donors (Lipinski definition) is 1. The number of pyridine rings is 1. The van der Waals surface area contributed by atoms with Crippen molar-refractivity contribution in [1.82, 2.24) is 4.98 Å². The molecule has 1 aromatic heterocycles. The third-order valence-electron chi connectivity index (χ3n) is 3.89. The molecular formula is C16H17N3O5S2. The Kier molecular flexibility index (Phi) is 4.49. The van der Waals surface area contributed by atoms with E-state index < -0.39 is 31.9 Å². The average Bonchev–Trinajstić information content (AvgIpc) is 2.74. The Morgan fingerprint density at radius 3 is 2.38 bits per heavy atom. The Balaban J connectivity index is 1.89. The summed E-state index contributed by atoms with van der Waals surface area (Å²) in [5.74, 6) is -1.40. The van der Waals surface area contributed by atoms with Gasteiger partial charge in [0.25, 0.3) is 10.0 Å². The highest BCUT2D eigenvalue weighted by Gasteiger charge is 2.41. The van der Waals surface area contributed by atoms with Gasteiger partial charge in [-0.3, -0.25) is 14.5 Å². The molecule has 10 heteroatoms. The van der Waals surface area contributed by atoms with Gasteiger partial charge in [0.2, 0.25) is 15.9 Å². The quantitative estimate of drug-likeness (QED) is 0.839. The maximum absolute atomic E-state index is 12.5. The number of sulfonamides is 2. The van der Waals surface area contributed by atoms with Gasteiger partial charge < -0.3 is 0 Å². The molecule has 2 aromatic rings. The lowest BCUT2D eigenvalue weighted by Gasteiger charge is -2.16. The summed E-state index contributed by atoms with van der Waals surface area (Å²) in [5.41, 5.74) is 1.15. The van der Waals surface area contributed by atoms with Crippen LogP contribution in [0.3, 0.4) is 0 Å². The standard InChI is InChI=1S/C16H17N3O5S2/c1-11-10-25(21,22)19(16(11)20)14-3-5-15(6-4-14)26(23,24)18-13-7-8-17-12(2)9-13/h3-9,11H,10H2,1-2H3,(H,17,18). The van der Waals surface area contributed by atoms with Crippen molar-refractivity contribution < 1.29 is 21.6 Å². The first kappa shape index (κ1) is 18.3. The molecule has 1 N–H and O–H groups in total. The third kappa shape index (κ3) is 3.42. The van der Waals surface area contributed by atoms with Gasteiger partial charge in [0.1, 0.15) is 0 Å². The van der Waals surface area contributed by atoms with Gasteiger partial charge >= 0.3 is 0 Å². The summed E-state index contributed by atoms with van der Waals surface area (Å²) < 4.78 is 52.3. The van der Waals surface area contributed by atoms with E-state index in [1.165, 1.54) is 36.5 Å². The molecule has 1 fully saturated rings. The van der Waals surface area contributed by atoms with Gasteiger partial charge in [-0.05, 0) is 43.3 Å². The van der Waals surface area contributed by atoms with Gasteiger partial charge in [-0.2, -0.15) is 0 Å². The number of rotatable bonds is 4. The summed E-state index contributed by atoms with van der Waals surface area (Å²) in [4.78, 5) is 16.0. The molecule has 1 amide bonds. The second kappa shape index (κ2) is 6.36. The van der Waals surface area contributed by atoms with Crippen molar-refractivity contribution in [2.24, 2.45) is 5.92 Å². The van der Waals surface area contributed by atoms with E-state index in [0.29, 0.717) is 11.4 Å². The van der Waals surface area contributed by atoms with E-state index in [1.54, 1.807) is 19.9 Å². The van der Waals surface area contributed by atoms with Crippen LogP contribution in [-0.4, -0.2) is 33.5 Å². The van der Waals surface area contributed by atoms with E-state index in [-0.39, 0.29) is 16.3 Å². The first-order chi connectivity index (χ1) is 12.1. The third-order valence-corrected chi connectivity index (χ3v) is 7.16. The van der Waals surface area contributed by atoms with E-state index in [9.17, 15) is 21.6 Å². The zero-order valence-electron chi connectivity index (χ0n) is 14.1. The van der Waals surface area contributed by atoms with Crippen molar-refractivity contribution in [3.8, 4) is 0 Å². The summed E-state index contributed by atoms with van der Waals surface area (Å²) in [6.07, 6.45) is 1.49. The molecule has 1 aliphatic heterocycles. The maximum atomic E-state index is 12.5. The van der Waals surface area contributed by atoms with Crippen molar-refractivity contribution in [1.29, 1.82) is 0 Å². The Morgan fingerprint density at radius 1 is 1.19 bits per heavy atom. The molecular weight excluding hydrogens is 378 g/mol. The number of amides is 1. The van der Waals surface area contributed by atoms with Crippen LogP contribution < -0.4 is 9.03 Å². The molecule has 0 spiro atoms. The molecule has 2 heterocycles. The topological polar surface area (TPSA) is 114 Å². The number of aromatic nitrogens is 1. The maximum Gasteiger partial charge on any atom is 0.261 e. The molecule has 0 radical (unpaired) electrons. The van der Waals surface area contributed by atoms with Crippen molar-refractivity contribution in [3.63, 3.8) is 0 Å². The fourth-order valence-electron chi connectivity index (χ4n) is 2.67. The second-order valence-electron chi connectivity index (χ2n) is 6.07. The molecule has 1 aliphatic rings. The summed E-state index contributed by atoms with van der Waals surface area (Å²) >= 11 is 0. The highest BCUT2D eigenvalue weighted by Crippen LogP contribution is 2.29. The predicted molar refractivity (Wildman–Crippen MR) is 96.7 cm³/mol. The largest absolute Gasteiger partial charge is 0.280 e. The summed E-state index contributed by atoms with van der Waals surface area (Å²) in [6.45, 7) is 3.28. The van der Waals surface area contributed by atoms with Crippen LogP contribution in [0.2, 0.25) is 0 Å². The van der Waals surface area contributed by atoms with Crippen LogP contribution in [0.1, 0.15) is 12.6 Å². The lowest BCUT2D eigenvalue weighted by Crippen LogP contribution is -2.30. The van der Waals surface area contributed by atoms with E-state index in [0.717, 1.165) is 4.31 Å². The number of carbonyl (C=O) groups is 1. The number of hydrogen-bond acceptors (Lipinski definition) is 6. The summed E-state index contributed by atoms with van der Waals surface area (Å²) in [5, 5.41) is 0. The van der Waals surface area contributed by atoms with Crippen LogP contribution in [-0.2, 0) is 24.8 Å². The van der Waals surface area contributed by atoms with Gasteiger partial charge in [-0.1, -0.05) is 6.92 Å². The molecule has 0 aliphatic carbocycles. The number of nitrogens with one attached hydrogen (secondary N) is 1. The first-order valence-corrected chi connectivity index (χ1v) is 10.8. The Morgan fingerprint density at radius 2 is 1.85 bits per heavy atom. The summed E-state index contributed by atoms with van der Waals surface area (Å²) in [7, 11) is -7.58. The van der Waals surface area contributed by atoms with Crippen LogP contribution in [0.15, 0.2) is 47.5 Å². The van der Waals surface area contributed by atoms with E-state index in [4.69, 9.17) is 0 Å². The fourth-order valence-corrected chi connectivity index (χ4v) is 5.54. The number of anilines is 2. The van der Waals surface area contributed by atoms with Crippen LogP contribution in [0.4, 0.5) is 11.4 Å². The number of benzene rings is 1. The molecule has 26 heavy (non-hydrogen) atoms. The second-order valence-corrected chi connectivity index (χ2v) is 9.61. The van der Waals surface area contributed by atoms with Crippen LogP contribution in [0.5, 0.6) is 0 Å². The normalized spacial score (nSPS) is 19.5. The number of aryl methyl sites for hydroxylation is 1. The molecule has 1 saturated heterocycles. The molecule has 0 saturated carbocycles. The van der Waals surface area contributed by atoms with Crippen molar-refractivity contribution in [2.75, 3.05) is 14.8 Å². The van der Waals surface area contributed by atoms with Gasteiger partial charge in [-0.25, -0.2) is 21.1 Å². The number of nitrogens with zero attached hydrogens (tertiary/aromatic N) is 2. The van der Waals surface area contributed by atoms with E-state index in [1.807, 2.05) is 0 Å². The highest BCUT2D eigenvalue weighted by atomic mass is 32.2. The minimum atomic E-state index is -3.85. The Hall–Kier alpha value is -2.46. The number of carbonyl (C=O) groups excluding carboxylic acids is 1. The van der Waals surface area contributed by atoms with Crippen LogP contribution >= 0.6 is 0 Å². The van der Waals surface area contributed by atoms with Crippen LogP contribution in [0.25, 0.3) is 0 Å². The molecule has 1 atom stereocenters. The molecule has 1 aromatic carbocycles. The van der Waals surface area contributed by atoms with Gasteiger partial charge in [0, 0.05) is 11.9 Å². The van der Waals surface area contributed by atoms with Crippen molar-refractivity contribution in [2.45, 2.75) is 18.7 Å². The Bertz CT molecular complexity index is 1060.